The Morgan fingerprint density at radius 1 is 1.28 bits per heavy atom. The third-order valence-corrected chi connectivity index (χ3v) is 2.63. The fraction of sp³-hybridized carbons (Fsp3) is 0.571. The number of halogens is 2. The van der Waals surface area contributed by atoms with Crippen LogP contribution in [0.15, 0.2) is 18.2 Å². The van der Waals surface area contributed by atoms with Crippen LogP contribution in [0.1, 0.15) is 31.9 Å². The van der Waals surface area contributed by atoms with Gasteiger partial charge in [-0.3, -0.25) is 0 Å². The molecule has 4 heteroatoms. The standard InChI is InChI=1S/C14H21F2NO/c1-14(2,3)11-7-5-6-10(8-17-4)13(11)18-9-12(15)16/h5-7,12,17H,8-9H2,1-4H3. The highest BCUT2D eigenvalue weighted by Gasteiger charge is 2.21. The molecule has 0 aliphatic heterocycles. The van der Waals surface area contributed by atoms with E-state index in [1.807, 2.05) is 46.0 Å². The van der Waals surface area contributed by atoms with Crippen molar-refractivity contribution in [2.75, 3.05) is 13.7 Å². The second kappa shape index (κ2) is 6.14. The quantitative estimate of drug-likeness (QED) is 0.873. The molecule has 0 bridgehead atoms. The Bertz CT molecular complexity index is 386. The molecule has 0 unspecified atom stereocenters. The smallest absolute Gasteiger partial charge is 0.272 e. The molecular weight excluding hydrogens is 236 g/mol. The van der Waals surface area contributed by atoms with Gasteiger partial charge in [-0.05, 0) is 18.0 Å². The van der Waals surface area contributed by atoms with Gasteiger partial charge in [0.25, 0.3) is 6.43 Å². The van der Waals surface area contributed by atoms with Crippen LogP contribution in [0.3, 0.4) is 0 Å². The van der Waals surface area contributed by atoms with E-state index in [1.54, 1.807) is 0 Å². The number of rotatable bonds is 5. The van der Waals surface area contributed by atoms with Crippen LogP contribution < -0.4 is 10.1 Å². The van der Waals surface area contributed by atoms with Crippen molar-refractivity contribution in [2.45, 2.75) is 39.2 Å². The third kappa shape index (κ3) is 3.95. The highest BCUT2D eigenvalue weighted by molar-refractivity contribution is 5.45. The summed E-state index contributed by atoms with van der Waals surface area (Å²) < 4.78 is 30.0. The molecule has 1 aromatic rings. The van der Waals surface area contributed by atoms with E-state index in [9.17, 15) is 8.78 Å². The van der Waals surface area contributed by atoms with Gasteiger partial charge in [0.1, 0.15) is 12.4 Å². The average Bonchev–Trinajstić information content (AvgIpc) is 2.26. The third-order valence-electron chi connectivity index (χ3n) is 2.63. The zero-order chi connectivity index (χ0) is 13.8. The number of alkyl halides is 2. The summed E-state index contributed by atoms with van der Waals surface area (Å²) in [7, 11) is 1.82. The Morgan fingerprint density at radius 3 is 2.44 bits per heavy atom. The van der Waals surface area contributed by atoms with Crippen LogP contribution in [0.4, 0.5) is 8.78 Å². The Hall–Kier alpha value is -1.16. The Labute approximate surface area is 107 Å². The summed E-state index contributed by atoms with van der Waals surface area (Å²) in [6, 6.07) is 5.76. The molecule has 0 atom stereocenters. The number of hydrogen-bond donors (Lipinski definition) is 1. The molecule has 1 aromatic carbocycles. The van der Waals surface area contributed by atoms with Crippen molar-refractivity contribution in [1.82, 2.24) is 5.32 Å². The molecular formula is C14H21F2NO. The van der Waals surface area contributed by atoms with Gasteiger partial charge in [-0.15, -0.1) is 0 Å². The first-order valence-corrected chi connectivity index (χ1v) is 6.04. The van der Waals surface area contributed by atoms with Crippen molar-refractivity contribution in [1.29, 1.82) is 0 Å². The Kier molecular flexibility index (Phi) is 5.08. The Balaban J connectivity index is 3.12. The lowest BCUT2D eigenvalue weighted by Crippen LogP contribution is -2.18. The molecule has 102 valence electrons. The highest BCUT2D eigenvalue weighted by atomic mass is 19.3. The average molecular weight is 257 g/mol. The minimum absolute atomic E-state index is 0.138. The molecule has 0 amide bonds. The van der Waals surface area contributed by atoms with E-state index in [1.165, 1.54) is 0 Å². The predicted molar refractivity (Wildman–Crippen MR) is 69.4 cm³/mol. The van der Waals surface area contributed by atoms with Gasteiger partial charge >= 0.3 is 0 Å². The summed E-state index contributed by atoms with van der Waals surface area (Å²) >= 11 is 0. The summed E-state index contributed by atoms with van der Waals surface area (Å²) in [6.45, 7) is 6.16. The van der Waals surface area contributed by atoms with Crippen LogP contribution in [-0.4, -0.2) is 20.1 Å². The van der Waals surface area contributed by atoms with Crippen molar-refractivity contribution in [3.05, 3.63) is 29.3 Å². The lowest BCUT2D eigenvalue weighted by atomic mass is 9.85. The molecule has 0 saturated carbocycles. The number of para-hydroxylation sites is 1. The van der Waals surface area contributed by atoms with Gasteiger partial charge < -0.3 is 10.1 Å². The van der Waals surface area contributed by atoms with E-state index < -0.39 is 13.0 Å². The molecule has 1 N–H and O–H groups in total. The zero-order valence-corrected chi connectivity index (χ0v) is 11.4. The van der Waals surface area contributed by atoms with Gasteiger partial charge in [0.15, 0.2) is 0 Å². The predicted octanol–water partition coefficient (Wildman–Crippen LogP) is 3.35. The van der Waals surface area contributed by atoms with Gasteiger partial charge in [0.05, 0.1) is 0 Å². The molecule has 0 spiro atoms. The summed E-state index contributed by atoms with van der Waals surface area (Å²) in [5, 5.41) is 3.02. The molecule has 0 aliphatic carbocycles. The summed E-state index contributed by atoms with van der Waals surface area (Å²) in [5.41, 5.74) is 1.72. The minimum atomic E-state index is -2.46. The first-order chi connectivity index (χ1) is 8.36. The van der Waals surface area contributed by atoms with E-state index >= 15 is 0 Å². The van der Waals surface area contributed by atoms with E-state index in [0.29, 0.717) is 12.3 Å². The van der Waals surface area contributed by atoms with Gasteiger partial charge in [0.2, 0.25) is 0 Å². The largest absolute Gasteiger partial charge is 0.487 e. The number of hydrogen-bond acceptors (Lipinski definition) is 2. The van der Waals surface area contributed by atoms with Gasteiger partial charge in [-0.1, -0.05) is 39.0 Å². The van der Waals surface area contributed by atoms with Crippen LogP contribution in [0.2, 0.25) is 0 Å². The van der Waals surface area contributed by atoms with Crippen LogP contribution in [0.5, 0.6) is 5.75 Å². The normalized spacial score (nSPS) is 11.9. The van der Waals surface area contributed by atoms with Crippen molar-refractivity contribution in [2.24, 2.45) is 0 Å². The van der Waals surface area contributed by atoms with Crippen LogP contribution in [-0.2, 0) is 12.0 Å². The van der Waals surface area contributed by atoms with Crippen LogP contribution >= 0.6 is 0 Å². The Morgan fingerprint density at radius 2 is 1.94 bits per heavy atom. The second-order valence-corrected chi connectivity index (χ2v) is 5.28. The lowest BCUT2D eigenvalue weighted by molar-refractivity contribution is 0.0804. The molecule has 0 aromatic heterocycles. The second-order valence-electron chi connectivity index (χ2n) is 5.28. The number of ether oxygens (including phenoxy) is 1. The van der Waals surface area contributed by atoms with E-state index in [-0.39, 0.29) is 5.41 Å². The minimum Gasteiger partial charge on any atom is -0.487 e. The van der Waals surface area contributed by atoms with Crippen molar-refractivity contribution in [3.63, 3.8) is 0 Å². The van der Waals surface area contributed by atoms with Crippen LogP contribution in [0, 0.1) is 0 Å². The lowest BCUT2D eigenvalue weighted by Gasteiger charge is -2.24. The molecule has 0 fully saturated rings. The van der Waals surface area contributed by atoms with Gasteiger partial charge in [-0.25, -0.2) is 8.78 Å². The maximum Gasteiger partial charge on any atom is 0.272 e. The maximum absolute atomic E-state index is 12.3. The number of nitrogens with one attached hydrogen (secondary N) is 1. The summed E-state index contributed by atoms with van der Waals surface area (Å²) in [5.74, 6) is 0.583. The molecule has 0 radical (unpaired) electrons. The monoisotopic (exact) mass is 257 g/mol. The molecule has 2 nitrogen and oxygen atoms in total. The highest BCUT2D eigenvalue weighted by Crippen LogP contribution is 2.34. The van der Waals surface area contributed by atoms with Crippen molar-refractivity contribution in [3.8, 4) is 5.75 Å². The van der Waals surface area contributed by atoms with E-state index in [0.717, 1.165) is 11.1 Å². The van der Waals surface area contributed by atoms with E-state index in [2.05, 4.69) is 5.32 Å². The molecule has 0 saturated heterocycles. The first kappa shape index (κ1) is 14.9. The van der Waals surface area contributed by atoms with Crippen molar-refractivity contribution < 1.29 is 13.5 Å². The number of benzene rings is 1. The topological polar surface area (TPSA) is 21.3 Å². The van der Waals surface area contributed by atoms with Crippen LogP contribution in [0.25, 0.3) is 0 Å². The molecule has 0 aliphatic rings. The molecule has 0 heterocycles. The van der Waals surface area contributed by atoms with Crippen molar-refractivity contribution >= 4 is 0 Å². The fourth-order valence-corrected chi connectivity index (χ4v) is 1.82. The fourth-order valence-electron chi connectivity index (χ4n) is 1.82. The first-order valence-electron chi connectivity index (χ1n) is 6.04. The maximum atomic E-state index is 12.3. The van der Waals surface area contributed by atoms with E-state index in [4.69, 9.17) is 4.74 Å². The summed E-state index contributed by atoms with van der Waals surface area (Å²) in [6.07, 6.45) is -2.46. The molecule has 1 rings (SSSR count). The molecule has 18 heavy (non-hydrogen) atoms. The summed E-state index contributed by atoms with van der Waals surface area (Å²) in [4.78, 5) is 0. The van der Waals surface area contributed by atoms with Gasteiger partial charge in [0, 0.05) is 12.1 Å². The zero-order valence-electron chi connectivity index (χ0n) is 11.4. The van der Waals surface area contributed by atoms with Gasteiger partial charge in [-0.2, -0.15) is 0 Å². The SMILES string of the molecule is CNCc1cccc(C(C)(C)C)c1OCC(F)F.